The molecule has 0 radical (unpaired) electrons. The molecule has 0 spiro atoms. The van der Waals surface area contributed by atoms with Crippen LogP contribution >= 0.6 is 0 Å². The summed E-state index contributed by atoms with van der Waals surface area (Å²) in [5, 5.41) is 6.03. The summed E-state index contributed by atoms with van der Waals surface area (Å²) in [5.41, 5.74) is 0.402. The molecule has 3 aliphatic rings. The largest absolute Gasteiger partial charge is 0.497 e. The minimum Gasteiger partial charge on any atom is -0.497 e. The first-order valence-electron chi connectivity index (χ1n) is 13.9. The molecule has 5 rings (SSSR count). The molecule has 2 aromatic carbocycles. The highest BCUT2D eigenvalue weighted by molar-refractivity contribution is 6.10. The molecule has 3 aliphatic heterocycles. The van der Waals surface area contributed by atoms with E-state index in [2.05, 4.69) is 27.4 Å². The second-order valence-corrected chi connectivity index (χ2v) is 11.6. The number of ether oxygens (including phenoxy) is 2. The van der Waals surface area contributed by atoms with Crippen LogP contribution in [0.15, 0.2) is 42.5 Å². The van der Waals surface area contributed by atoms with Crippen LogP contribution < -0.4 is 20.3 Å². The molecule has 11 nitrogen and oxygen atoms in total. The Morgan fingerprint density at radius 3 is 2.43 bits per heavy atom. The van der Waals surface area contributed by atoms with Gasteiger partial charge in [0.2, 0.25) is 5.54 Å². The van der Waals surface area contributed by atoms with Crippen molar-refractivity contribution in [3.8, 4) is 17.6 Å². The number of carbonyl (C=O) groups excluding carboxylic acids is 4. The molecule has 2 aromatic rings. The van der Waals surface area contributed by atoms with E-state index in [0.29, 0.717) is 16.9 Å². The quantitative estimate of drug-likeness (QED) is 0.306. The van der Waals surface area contributed by atoms with Crippen LogP contribution in [0, 0.1) is 17.3 Å². The maximum absolute atomic E-state index is 13.8. The number of methoxy groups -OCH3 is 1. The average Bonchev–Trinajstić information content (AvgIpc) is 3.41. The molecular weight excluding hydrogens is 538 g/mol. The van der Waals surface area contributed by atoms with Crippen LogP contribution in [0.3, 0.4) is 0 Å². The summed E-state index contributed by atoms with van der Waals surface area (Å²) in [4.78, 5) is 57.2. The van der Waals surface area contributed by atoms with Crippen LogP contribution in [0.5, 0.6) is 5.75 Å². The summed E-state index contributed by atoms with van der Waals surface area (Å²) in [7, 11) is 1.52. The van der Waals surface area contributed by atoms with Gasteiger partial charge in [0.15, 0.2) is 6.73 Å². The van der Waals surface area contributed by atoms with Crippen molar-refractivity contribution in [1.82, 2.24) is 20.4 Å². The number of nitrogens with zero attached hydrogens (tertiary/aromatic N) is 3. The van der Waals surface area contributed by atoms with Crippen molar-refractivity contribution in [2.75, 3.05) is 51.5 Å². The van der Waals surface area contributed by atoms with Gasteiger partial charge >= 0.3 is 12.0 Å². The van der Waals surface area contributed by atoms with E-state index in [1.165, 1.54) is 12.0 Å². The molecular formula is C31H35N5O6. The van der Waals surface area contributed by atoms with Gasteiger partial charge in [-0.2, -0.15) is 0 Å². The normalized spacial score (nSPS) is 20.2. The number of esters is 1. The lowest BCUT2D eigenvalue weighted by atomic mass is 9.97. The van der Waals surface area contributed by atoms with Crippen LogP contribution in [-0.4, -0.2) is 85.7 Å². The average molecular weight is 574 g/mol. The number of nitrogens with one attached hydrogen (secondary N) is 2. The minimum atomic E-state index is -1.75. The SMILES string of the molecule is COc1ccc2c(c1)C(=O)N(C[C@@]1(C#Cc3ccc(N4CCNCC4)cc3)NC(=O)N(COC(=O)C(C)(C)C)C1=O)C2. The molecule has 0 aromatic heterocycles. The summed E-state index contributed by atoms with van der Waals surface area (Å²) in [6, 6.07) is 12.2. The predicted molar refractivity (Wildman–Crippen MR) is 155 cm³/mol. The van der Waals surface area contributed by atoms with Crippen LogP contribution in [-0.2, 0) is 20.9 Å². The number of imide groups is 1. The van der Waals surface area contributed by atoms with Gasteiger partial charge in [0.25, 0.3) is 11.8 Å². The molecule has 3 heterocycles. The molecule has 2 fully saturated rings. The second-order valence-electron chi connectivity index (χ2n) is 11.6. The predicted octanol–water partition coefficient (Wildman–Crippen LogP) is 1.95. The highest BCUT2D eigenvalue weighted by Gasteiger charge is 2.53. The second kappa shape index (κ2) is 11.4. The fourth-order valence-electron chi connectivity index (χ4n) is 5.05. The lowest BCUT2D eigenvalue weighted by Crippen LogP contribution is -2.54. The number of hydrogen-bond donors (Lipinski definition) is 2. The van der Waals surface area contributed by atoms with Gasteiger partial charge in [-0.25, -0.2) is 9.69 Å². The van der Waals surface area contributed by atoms with Gasteiger partial charge < -0.3 is 29.9 Å². The molecule has 0 aliphatic carbocycles. The number of rotatable bonds is 6. The highest BCUT2D eigenvalue weighted by Crippen LogP contribution is 2.30. The summed E-state index contributed by atoms with van der Waals surface area (Å²) in [6.07, 6.45) is 0. The smallest absolute Gasteiger partial charge is 0.328 e. The monoisotopic (exact) mass is 573 g/mol. The maximum Gasteiger partial charge on any atom is 0.328 e. The van der Waals surface area contributed by atoms with Gasteiger partial charge in [0.05, 0.1) is 19.1 Å². The molecule has 0 saturated carbocycles. The lowest BCUT2D eigenvalue weighted by Gasteiger charge is -2.29. The Labute approximate surface area is 245 Å². The number of piperazine rings is 1. The third-order valence-electron chi connectivity index (χ3n) is 7.51. The summed E-state index contributed by atoms with van der Waals surface area (Å²) in [5.74, 6) is 5.00. The van der Waals surface area contributed by atoms with Crippen LogP contribution in [0.2, 0.25) is 0 Å². The third-order valence-corrected chi connectivity index (χ3v) is 7.51. The molecule has 2 saturated heterocycles. The van der Waals surface area contributed by atoms with Gasteiger partial charge in [-0.1, -0.05) is 17.9 Å². The van der Waals surface area contributed by atoms with Gasteiger partial charge in [-0.05, 0) is 62.7 Å². The first kappa shape index (κ1) is 29.0. The van der Waals surface area contributed by atoms with Crippen molar-refractivity contribution >= 4 is 29.5 Å². The van der Waals surface area contributed by atoms with Crippen molar-refractivity contribution in [3.63, 3.8) is 0 Å². The van der Waals surface area contributed by atoms with E-state index in [9.17, 15) is 19.2 Å². The zero-order valence-electron chi connectivity index (χ0n) is 24.3. The van der Waals surface area contributed by atoms with E-state index in [4.69, 9.17) is 9.47 Å². The molecule has 42 heavy (non-hydrogen) atoms. The number of amides is 4. The van der Waals surface area contributed by atoms with Crippen LogP contribution in [0.25, 0.3) is 0 Å². The Bertz CT molecular complexity index is 1470. The van der Waals surface area contributed by atoms with Crippen molar-refractivity contribution in [1.29, 1.82) is 0 Å². The van der Waals surface area contributed by atoms with E-state index in [1.807, 2.05) is 24.3 Å². The van der Waals surface area contributed by atoms with Crippen LogP contribution in [0.1, 0.15) is 42.3 Å². The molecule has 1 atom stereocenters. The third kappa shape index (κ3) is 5.76. The molecule has 0 unspecified atom stereocenters. The first-order chi connectivity index (χ1) is 20.0. The van der Waals surface area contributed by atoms with Gasteiger partial charge in [0.1, 0.15) is 5.75 Å². The molecule has 11 heteroatoms. The summed E-state index contributed by atoms with van der Waals surface area (Å²) in [6.45, 7) is 8.16. The fourth-order valence-corrected chi connectivity index (χ4v) is 5.05. The standard InChI is InChI=1S/C31H35N5O6/c1-30(2,3)28(39)42-20-36-27(38)31(33-29(36)40,19-35-18-22-7-10-24(41-4)17-25(22)26(35)37)12-11-21-5-8-23(9-6-21)34-15-13-32-14-16-34/h5-10,17,32H,13-16,18-20H2,1-4H3,(H,33,40)/t31-/m1/s1. The molecule has 4 amide bonds. The first-order valence-corrected chi connectivity index (χ1v) is 13.9. The Hall–Kier alpha value is -4.56. The number of benzene rings is 2. The number of urea groups is 1. The van der Waals surface area contributed by atoms with Crippen LogP contribution in [0.4, 0.5) is 10.5 Å². The summed E-state index contributed by atoms with van der Waals surface area (Å²) < 4.78 is 10.5. The Morgan fingerprint density at radius 2 is 1.76 bits per heavy atom. The van der Waals surface area contributed by atoms with Crippen molar-refractivity contribution in [2.24, 2.45) is 5.41 Å². The molecule has 220 valence electrons. The number of hydrogen-bond acceptors (Lipinski definition) is 8. The fraction of sp³-hybridized carbons (Fsp3) is 0.419. The Kier molecular flexibility index (Phi) is 7.84. The lowest BCUT2D eigenvalue weighted by molar-refractivity contribution is -0.158. The van der Waals surface area contributed by atoms with Crippen molar-refractivity contribution < 1.29 is 28.7 Å². The van der Waals surface area contributed by atoms with Crippen molar-refractivity contribution in [2.45, 2.75) is 32.9 Å². The number of carbonyl (C=O) groups is 4. The molecule has 0 bridgehead atoms. The zero-order valence-corrected chi connectivity index (χ0v) is 24.3. The number of anilines is 1. The van der Waals surface area contributed by atoms with Crippen molar-refractivity contribution in [3.05, 3.63) is 59.2 Å². The molecule has 2 N–H and O–H groups in total. The number of fused-ring (bicyclic) bond motifs is 1. The summed E-state index contributed by atoms with van der Waals surface area (Å²) >= 11 is 0. The van der Waals surface area contributed by atoms with E-state index in [-0.39, 0.29) is 19.0 Å². The maximum atomic E-state index is 13.8. The Morgan fingerprint density at radius 1 is 1.05 bits per heavy atom. The van der Waals surface area contributed by atoms with E-state index in [1.54, 1.807) is 39.0 Å². The van der Waals surface area contributed by atoms with Gasteiger partial charge in [-0.15, -0.1) is 0 Å². The highest BCUT2D eigenvalue weighted by atomic mass is 16.5. The Balaban J connectivity index is 1.42. The van der Waals surface area contributed by atoms with Gasteiger partial charge in [0, 0.05) is 49.5 Å². The van der Waals surface area contributed by atoms with Gasteiger partial charge in [-0.3, -0.25) is 14.4 Å². The van der Waals surface area contributed by atoms with E-state index < -0.39 is 35.6 Å². The van der Waals surface area contributed by atoms with E-state index >= 15 is 0 Å². The topological polar surface area (TPSA) is 121 Å². The minimum absolute atomic E-state index is 0.191. The van der Waals surface area contributed by atoms with E-state index in [0.717, 1.165) is 42.3 Å². The zero-order chi connectivity index (χ0) is 30.1.